The molecule has 1 heterocycles. The zero-order valence-corrected chi connectivity index (χ0v) is 14.1. The van der Waals surface area contributed by atoms with Crippen LogP contribution >= 0.6 is 22.6 Å². The molecule has 0 aromatic heterocycles. The van der Waals surface area contributed by atoms with E-state index in [4.69, 9.17) is 10.5 Å². The van der Waals surface area contributed by atoms with Crippen LogP contribution in [0.15, 0.2) is 18.2 Å². The van der Waals surface area contributed by atoms with Crippen molar-refractivity contribution in [3.8, 4) is 5.75 Å². The molecular formula is C15H21IN2O2. The van der Waals surface area contributed by atoms with Crippen molar-refractivity contribution in [3.63, 3.8) is 0 Å². The highest BCUT2D eigenvalue weighted by Gasteiger charge is 2.30. The lowest BCUT2D eigenvalue weighted by molar-refractivity contribution is 0.0582. The van der Waals surface area contributed by atoms with Gasteiger partial charge in [0, 0.05) is 22.2 Å². The van der Waals surface area contributed by atoms with Crippen LogP contribution in [0.4, 0.5) is 0 Å². The molecule has 5 heteroatoms. The van der Waals surface area contributed by atoms with Gasteiger partial charge >= 0.3 is 0 Å². The molecule has 1 aliphatic heterocycles. The lowest BCUT2D eigenvalue weighted by Crippen LogP contribution is -2.51. The fourth-order valence-electron chi connectivity index (χ4n) is 2.71. The predicted molar refractivity (Wildman–Crippen MR) is 88.0 cm³/mol. The normalized spacial score (nSPS) is 20.6. The van der Waals surface area contributed by atoms with E-state index in [-0.39, 0.29) is 18.0 Å². The Labute approximate surface area is 133 Å². The van der Waals surface area contributed by atoms with E-state index in [2.05, 4.69) is 22.6 Å². The Morgan fingerprint density at radius 2 is 2.25 bits per heavy atom. The van der Waals surface area contributed by atoms with E-state index in [1.165, 1.54) is 0 Å². The van der Waals surface area contributed by atoms with Gasteiger partial charge < -0.3 is 15.4 Å². The Morgan fingerprint density at radius 1 is 1.50 bits per heavy atom. The van der Waals surface area contributed by atoms with Crippen LogP contribution < -0.4 is 10.5 Å². The number of nitrogens with zero attached hydrogens (tertiary/aromatic N) is 1. The molecule has 0 radical (unpaired) electrons. The predicted octanol–water partition coefficient (Wildman–Crippen LogP) is 2.64. The number of halogens is 1. The maximum absolute atomic E-state index is 12.8. The fourth-order valence-corrected chi connectivity index (χ4v) is 3.42. The molecule has 2 N–H and O–H groups in total. The summed E-state index contributed by atoms with van der Waals surface area (Å²) in [5.41, 5.74) is 6.78. The first-order valence-corrected chi connectivity index (χ1v) is 8.02. The van der Waals surface area contributed by atoms with Crippen molar-refractivity contribution in [1.82, 2.24) is 4.90 Å². The summed E-state index contributed by atoms with van der Waals surface area (Å²) >= 11 is 2.19. The summed E-state index contributed by atoms with van der Waals surface area (Å²) in [6.45, 7) is 2.78. The Bertz CT molecular complexity index is 491. The molecule has 1 aliphatic rings. The van der Waals surface area contributed by atoms with Gasteiger partial charge in [-0.3, -0.25) is 4.79 Å². The second kappa shape index (κ2) is 6.76. The van der Waals surface area contributed by atoms with Crippen molar-refractivity contribution < 1.29 is 9.53 Å². The number of piperidine rings is 1. The van der Waals surface area contributed by atoms with Crippen LogP contribution in [0.2, 0.25) is 0 Å². The Kier molecular flexibility index (Phi) is 5.26. The average Bonchev–Trinajstić information content (AvgIpc) is 2.46. The smallest absolute Gasteiger partial charge is 0.255 e. The van der Waals surface area contributed by atoms with Gasteiger partial charge in [-0.2, -0.15) is 0 Å². The number of ether oxygens (including phenoxy) is 1. The first kappa shape index (κ1) is 15.6. The molecule has 2 rings (SSSR count). The summed E-state index contributed by atoms with van der Waals surface area (Å²) in [7, 11) is 1.63. The Hall–Kier alpha value is -0.820. The molecule has 2 unspecified atom stereocenters. The molecule has 1 aromatic carbocycles. The first-order valence-electron chi connectivity index (χ1n) is 6.94. The topological polar surface area (TPSA) is 55.6 Å². The third-order valence-electron chi connectivity index (χ3n) is 3.82. The van der Waals surface area contributed by atoms with Crippen molar-refractivity contribution >= 4 is 28.5 Å². The molecule has 1 aromatic rings. The van der Waals surface area contributed by atoms with Crippen molar-refractivity contribution in [2.24, 2.45) is 5.73 Å². The minimum Gasteiger partial charge on any atom is -0.497 e. The van der Waals surface area contributed by atoms with E-state index < -0.39 is 0 Å². The van der Waals surface area contributed by atoms with E-state index in [0.29, 0.717) is 0 Å². The zero-order valence-electron chi connectivity index (χ0n) is 11.9. The lowest BCUT2D eigenvalue weighted by atomic mass is 9.96. The van der Waals surface area contributed by atoms with Crippen LogP contribution in [-0.4, -0.2) is 36.5 Å². The van der Waals surface area contributed by atoms with Crippen molar-refractivity contribution in [2.45, 2.75) is 38.3 Å². The molecule has 1 amide bonds. The van der Waals surface area contributed by atoms with Gasteiger partial charge in [0.05, 0.1) is 12.7 Å². The van der Waals surface area contributed by atoms with Crippen LogP contribution in [0, 0.1) is 3.57 Å². The summed E-state index contributed by atoms with van der Waals surface area (Å²) in [5, 5.41) is 0. The van der Waals surface area contributed by atoms with Crippen molar-refractivity contribution in [2.75, 3.05) is 13.7 Å². The zero-order chi connectivity index (χ0) is 14.7. The largest absolute Gasteiger partial charge is 0.497 e. The van der Waals surface area contributed by atoms with Crippen LogP contribution in [0.1, 0.15) is 36.5 Å². The Balaban J connectivity index is 2.25. The number of carbonyl (C=O) groups excluding carboxylic acids is 1. The summed E-state index contributed by atoms with van der Waals surface area (Å²) in [5.74, 6) is 0.854. The number of hydrogen-bond donors (Lipinski definition) is 1. The van der Waals surface area contributed by atoms with Crippen molar-refractivity contribution in [1.29, 1.82) is 0 Å². The van der Waals surface area contributed by atoms with Crippen LogP contribution in [0.3, 0.4) is 0 Å². The molecular weight excluding hydrogens is 367 g/mol. The van der Waals surface area contributed by atoms with Crippen LogP contribution in [-0.2, 0) is 0 Å². The monoisotopic (exact) mass is 388 g/mol. The molecule has 4 nitrogen and oxygen atoms in total. The summed E-state index contributed by atoms with van der Waals surface area (Å²) in [4.78, 5) is 14.7. The van der Waals surface area contributed by atoms with E-state index in [9.17, 15) is 4.79 Å². The second-order valence-electron chi connectivity index (χ2n) is 5.27. The van der Waals surface area contributed by atoms with Gasteiger partial charge in [0.15, 0.2) is 0 Å². The number of benzene rings is 1. The third kappa shape index (κ3) is 3.25. The maximum atomic E-state index is 12.8. The molecule has 0 spiro atoms. The van der Waals surface area contributed by atoms with Crippen LogP contribution in [0.25, 0.3) is 0 Å². The molecule has 2 atom stereocenters. The molecule has 0 aliphatic carbocycles. The van der Waals surface area contributed by atoms with E-state index in [1.807, 2.05) is 30.0 Å². The SMILES string of the molecule is COc1ccc(C(=O)N2CCCCC2C(C)N)c(I)c1. The summed E-state index contributed by atoms with van der Waals surface area (Å²) in [6, 6.07) is 5.72. The number of nitrogens with two attached hydrogens (primary N) is 1. The lowest BCUT2D eigenvalue weighted by Gasteiger charge is -2.38. The molecule has 0 bridgehead atoms. The van der Waals surface area contributed by atoms with Gasteiger partial charge in [0.2, 0.25) is 0 Å². The molecule has 20 heavy (non-hydrogen) atoms. The van der Waals surface area contributed by atoms with Gasteiger partial charge in [0.1, 0.15) is 5.75 Å². The van der Waals surface area contributed by atoms with E-state index in [1.54, 1.807) is 7.11 Å². The van der Waals surface area contributed by atoms with Gasteiger partial charge in [-0.25, -0.2) is 0 Å². The minimum absolute atomic E-state index is 0.00941. The highest BCUT2D eigenvalue weighted by molar-refractivity contribution is 14.1. The third-order valence-corrected chi connectivity index (χ3v) is 4.72. The van der Waals surface area contributed by atoms with E-state index >= 15 is 0 Å². The van der Waals surface area contributed by atoms with Gasteiger partial charge in [0.25, 0.3) is 5.91 Å². The minimum atomic E-state index is 0.00941. The number of likely N-dealkylation sites (tertiary alicyclic amines) is 1. The number of hydrogen-bond acceptors (Lipinski definition) is 3. The molecule has 0 saturated carbocycles. The fraction of sp³-hybridized carbons (Fsp3) is 0.533. The van der Waals surface area contributed by atoms with Gasteiger partial charge in [-0.15, -0.1) is 0 Å². The summed E-state index contributed by atoms with van der Waals surface area (Å²) < 4.78 is 6.10. The van der Waals surface area contributed by atoms with Gasteiger partial charge in [-0.05, 0) is 67.0 Å². The number of rotatable bonds is 3. The standard InChI is InChI=1S/C15H21IN2O2/c1-10(17)14-5-3-4-8-18(14)15(19)12-7-6-11(20-2)9-13(12)16/h6-7,9-10,14H,3-5,8,17H2,1-2H3. The van der Waals surface area contributed by atoms with Gasteiger partial charge in [-0.1, -0.05) is 0 Å². The highest BCUT2D eigenvalue weighted by Crippen LogP contribution is 2.25. The number of carbonyl (C=O) groups is 1. The maximum Gasteiger partial charge on any atom is 0.255 e. The molecule has 1 saturated heterocycles. The number of methoxy groups -OCH3 is 1. The quantitative estimate of drug-likeness (QED) is 0.811. The highest BCUT2D eigenvalue weighted by atomic mass is 127. The van der Waals surface area contributed by atoms with Crippen LogP contribution in [0.5, 0.6) is 5.75 Å². The number of amides is 1. The van der Waals surface area contributed by atoms with E-state index in [0.717, 1.165) is 40.7 Å². The average molecular weight is 388 g/mol. The summed E-state index contributed by atoms with van der Waals surface area (Å²) in [6.07, 6.45) is 3.20. The first-order chi connectivity index (χ1) is 9.54. The Morgan fingerprint density at radius 3 is 2.85 bits per heavy atom. The molecule has 1 fully saturated rings. The van der Waals surface area contributed by atoms with Crippen molar-refractivity contribution in [3.05, 3.63) is 27.3 Å². The second-order valence-corrected chi connectivity index (χ2v) is 6.43. The molecule has 110 valence electrons.